The zero-order chi connectivity index (χ0) is 14.8. The Hall–Kier alpha value is 0.270. The van der Waals surface area contributed by atoms with Gasteiger partial charge in [0.1, 0.15) is 0 Å². The molecule has 0 amide bonds. The molecule has 4 nitrogen and oxygen atoms in total. The predicted octanol–water partition coefficient (Wildman–Crippen LogP) is 2.11. The van der Waals surface area contributed by atoms with Gasteiger partial charge in [0.15, 0.2) is 0 Å². The second kappa shape index (κ2) is 11.0. The molecule has 0 N–H and O–H groups in total. The van der Waals surface area contributed by atoms with Crippen LogP contribution in [-0.2, 0) is 18.9 Å². The van der Waals surface area contributed by atoms with Crippen LogP contribution in [0.1, 0.15) is 27.1 Å². The van der Waals surface area contributed by atoms with E-state index in [0.29, 0.717) is 12.0 Å². The molecule has 0 spiro atoms. The van der Waals surface area contributed by atoms with Gasteiger partial charge in [-0.1, -0.05) is 0 Å². The molecule has 0 bridgehead atoms. The first-order chi connectivity index (χ1) is 9.69. The van der Waals surface area contributed by atoms with Crippen LogP contribution < -0.4 is 0 Å². The maximum atomic E-state index is 7.21. The average molecular weight is 293 g/mol. The lowest BCUT2D eigenvalue weighted by molar-refractivity contribution is -0.0108. The van der Waals surface area contributed by atoms with Crippen molar-refractivity contribution in [2.45, 2.75) is 37.9 Å². The fourth-order valence-electron chi connectivity index (χ4n) is 2.42. The van der Waals surface area contributed by atoms with Crippen molar-refractivity contribution in [1.29, 1.82) is 0 Å². The van der Waals surface area contributed by atoms with Crippen molar-refractivity contribution in [2.24, 2.45) is 5.92 Å². The summed E-state index contributed by atoms with van der Waals surface area (Å²) in [7, 11) is 5.88. The standard InChI is InChI=1S/C9H18O3.C5H11OP/c1-10-6-8(7-11-2)9-4-3-5-12-9;7-4-5-2-1-3-6-5/h8-9H,3-7H2,1-2H3;5H,1-4,7H2/i;4D. The fraction of sp³-hybridized carbons (Fsp3) is 1.00. The Morgan fingerprint density at radius 2 is 1.79 bits per heavy atom. The summed E-state index contributed by atoms with van der Waals surface area (Å²) in [6.07, 6.45) is 4.96. The van der Waals surface area contributed by atoms with Gasteiger partial charge in [0.05, 0.1) is 25.4 Å². The van der Waals surface area contributed by atoms with E-state index in [9.17, 15) is 0 Å². The first-order valence-electron chi connectivity index (χ1n) is 7.65. The predicted molar refractivity (Wildman–Crippen MR) is 79.8 cm³/mol. The van der Waals surface area contributed by atoms with Gasteiger partial charge >= 0.3 is 0 Å². The van der Waals surface area contributed by atoms with Crippen LogP contribution in [0, 0.1) is 5.92 Å². The molecule has 0 saturated carbocycles. The molecule has 5 heteroatoms. The molecule has 2 aliphatic heterocycles. The van der Waals surface area contributed by atoms with E-state index in [1.54, 1.807) is 14.2 Å². The van der Waals surface area contributed by atoms with Crippen LogP contribution in [0.5, 0.6) is 0 Å². The van der Waals surface area contributed by atoms with Crippen molar-refractivity contribution in [2.75, 3.05) is 46.8 Å². The third kappa shape index (κ3) is 7.01. The van der Waals surface area contributed by atoms with Crippen molar-refractivity contribution < 1.29 is 20.3 Å². The summed E-state index contributed by atoms with van der Waals surface area (Å²) in [5.41, 5.74) is 0. The van der Waals surface area contributed by atoms with E-state index in [-0.39, 0.29) is 12.2 Å². The van der Waals surface area contributed by atoms with Crippen LogP contribution in [0.3, 0.4) is 0 Å². The van der Waals surface area contributed by atoms with Crippen molar-refractivity contribution in [3.8, 4) is 0 Å². The van der Waals surface area contributed by atoms with Crippen molar-refractivity contribution in [3.05, 3.63) is 0 Å². The Bertz CT molecular complexity index is 225. The van der Waals surface area contributed by atoms with Gasteiger partial charge < -0.3 is 18.9 Å². The summed E-state index contributed by atoms with van der Waals surface area (Å²) in [6.45, 7) is 3.22. The van der Waals surface area contributed by atoms with Gasteiger partial charge in [-0.2, -0.15) is 0 Å². The Morgan fingerprint density at radius 1 is 1.16 bits per heavy atom. The molecule has 4 unspecified atom stereocenters. The molecular weight excluding hydrogens is 263 g/mol. The molecule has 0 aromatic rings. The van der Waals surface area contributed by atoms with E-state index in [1.807, 2.05) is 0 Å². The van der Waals surface area contributed by atoms with Gasteiger partial charge in [0, 0.05) is 34.7 Å². The molecule has 2 aliphatic rings. The summed E-state index contributed by atoms with van der Waals surface area (Å²) >= 11 is 0. The van der Waals surface area contributed by atoms with E-state index in [0.717, 1.165) is 45.7 Å². The van der Waals surface area contributed by atoms with Crippen LogP contribution >= 0.6 is 9.24 Å². The quantitative estimate of drug-likeness (QED) is 0.703. The van der Waals surface area contributed by atoms with Gasteiger partial charge in [-0.3, -0.25) is 0 Å². The van der Waals surface area contributed by atoms with E-state index >= 15 is 0 Å². The molecular formula is C14H29O4P. The lowest BCUT2D eigenvalue weighted by Gasteiger charge is -2.20. The summed E-state index contributed by atoms with van der Waals surface area (Å²) in [4.78, 5) is 0. The maximum absolute atomic E-state index is 7.21. The topological polar surface area (TPSA) is 36.9 Å². The minimum atomic E-state index is -0.113. The normalized spacial score (nSPS) is 28.9. The van der Waals surface area contributed by atoms with Crippen LogP contribution in [0.15, 0.2) is 0 Å². The van der Waals surface area contributed by atoms with Gasteiger partial charge in [0.2, 0.25) is 0 Å². The number of hydrogen-bond acceptors (Lipinski definition) is 4. The molecule has 2 saturated heterocycles. The fourth-order valence-corrected chi connectivity index (χ4v) is 2.72. The Kier molecular flexibility index (Phi) is 9.05. The minimum Gasteiger partial charge on any atom is -0.384 e. The smallest absolute Gasteiger partial charge is 0.0648 e. The van der Waals surface area contributed by atoms with Crippen molar-refractivity contribution >= 4 is 9.24 Å². The molecule has 2 rings (SSSR count). The van der Waals surface area contributed by atoms with Crippen molar-refractivity contribution in [1.82, 2.24) is 0 Å². The first-order valence-corrected chi connectivity index (χ1v) is 7.74. The third-order valence-corrected chi connectivity index (χ3v) is 3.86. The lowest BCUT2D eigenvalue weighted by atomic mass is 10.0. The number of ether oxygens (including phenoxy) is 4. The van der Waals surface area contributed by atoms with E-state index in [1.165, 1.54) is 6.42 Å². The molecule has 0 aromatic carbocycles. The van der Waals surface area contributed by atoms with Crippen molar-refractivity contribution in [3.63, 3.8) is 0 Å². The van der Waals surface area contributed by atoms with Crippen LogP contribution in [0.25, 0.3) is 0 Å². The minimum absolute atomic E-state index is 0.113. The highest BCUT2D eigenvalue weighted by molar-refractivity contribution is 7.16. The Labute approximate surface area is 121 Å². The highest BCUT2D eigenvalue weighted by Crippen LogP contribution is 2.20. The highest BCUT2D eigenvalue weighted by atomic mass is 31.0. The molecule has 19 heavy (non-hydrogen) atoms. The molecule has 4 atom stereocenters. The van der Waals surface area contributed by atoms with E-state index < -0.39 is 0 Å². The Morgan fingerprint density at radius 3 is 2.16 bits per heavy atom. The highest BCUT2D eigenvalue weighted by Gasteiger charge is 2.25. The lowest BCUT2D eigenvalue weighted by Crippen LogP contribution is -2.28. The van der Waals surface area contributed by atoms with Crippen LogP contribution in [-0.4, -0.2) is 59.0 Å². The number of hydrogen-bond donors (Lipinski definition) is 0. The van der Waals surface area contributed by atoms with Crippen LogP contribution in [0.2, 0.25) is 0 Å². The van der Waals surface area contributed by atoms with Gasteiger partial charge in [-0.25, -0.2) is 0 Å². The zero-order valence-electron chi connectivity index (χ0n) is 13.2. The molecule has 2 fully saturated rings. The molecule has 2 heterocycles. The second-order valence-electron chi connectivity index (χ2n) is 4.97. The number of rotatable bonds is 6. The molecule has 0 aromatic heterocycles. The average Bonchev–Trinajstić information content (AvgIpc) is 3.13. The van der Waals surface area contributed by atoms with Gasteiger partial charge in [0.25, 0.3) is 0 Å². The third-order valence-electron chi connectivity index (χ3n) is 3.43. The summed E-state index contributed by atoms with van der Waals surface area (Å²) in [6, 6.07) is 0. The van der Waals surface area contributed by atoms with E-state index in [4.69, 9.17) is 20.3 Å². The maximum Gasteiger partial charge on any atom is 0.0648 e. The summed E-state index contributed by atoms with van der Waals surface area (Å²) in [5, 5.41) is 0. The first kappa shape index (κ1) is 15.7. The largest absolute Gasteiger partial charge is 0.384 e. The monoisotopic (exact) mass is 293 g/mol. The second-order valence-corrected chi connectivity index (χ2v) is 5.35. The van der Waals surface area contributed by atoms with Gasteiger partial charge in [-0.05, 0) is 31.8 Å². The zero-order valence-corrected chi connectivity index (χ0v) is 13.3. The van der Waals surface area contributed by atoms with Crippen LogP contribution in [0.4, 0.5) is 0 Å². The van der Waals surface area contributed by atoms with Gasteiger partial charge in [-0.15, -0.1) is 9.24 Å². The summed E-state index contributed by atoms with van der Waals surface area (Å²) < 4.78 is 28.2. The number of methoxy groups -OCH3 is 2. The SMILES string of the molecule is COCC(COC)C1CCCO1.[2H]C(P)C1CCCO1. The molecule has 0 aliphatic carbocycles. The molecule has 114 valence electrons. The Balaban J connectivity index is 0.000000217. The van der Waals surface area contributed by atoms with E-state index in [2.05, 4.69) is 9.24 Å². The molecule has 0 radical (unpaired) electrons. The summed E-state index contributed by atoms with van der Waals surface area (Å²) in [5.74, 6) is 0.405.